The number of hydrogen-bond donors (Lipinski definition) is 0. The third-order valence-corrected chi connectivity index (χ3v) is 2.50. The van der Waals surface area contributed by atoms with E-state index in [0.29, 0.717) is 25.7 Å². The van der Waals surface area contributed by atoms with Crippen molar-refractivity contribution in [1.82, 2.24) is 0 Å². The summed E-state index contributed by atoms with van der Waals surface area (Å²) in [6, 6.07) is 0. The molecule has 2 heterocycles. The van der Waals surface area contributed by atoms with Crippen molar-refractivity contribution in [1.29, 1.82) is 0 Å². The highest BCUT2D eigenvalue weighted by molar-refractivity contribution is 5.74. The topological polar surface area (TPSA) is 52.6 Å². The maximum Gasteiger partial charge on any atom is 0.309 e. The molecule has 4 heteroatoms. The third kappa shape index (κ3) is 1.66. The van der Waals surface area contributed by atoms with Gasteiger partial charge in [0.1, 0.15) is 0 Å². The molecule has 2 aliphatic heterocycles. The highest BCUT2D eigenvalue weighted by Gasteiger charge is 2.44. The molecule has 0 aromatic carbocycles. The lowest BCUT2D eigenvalue weighted by Gasteiger charge is -2.24. The Labute approximate surface area is 76.2 Å². The number of esters is 2. The highest BCUT2D eigenvalue weighted by Crippen LogP contribution is 2.35. The van der Waals surface area contributed by atoms with Crippen LogP contribution in [-0.4, -0.2) is 17.7 Å². The van der Waals surface area contributed by atoms with Gasteiger partial charge in [0, 0.05) is 19.3 Å². The molecule has 1 spiro atoms. The molecule has 13 heavy (non-hydrogen) atoms. The van der Waals surface area contributed by atoms with Crippen molar-refractivity contribution in [2.24, 2.45) is 0 Å². The number of carbonyl (C=O) groups is 2. The quantitative estimate of drug-likeness (QED) is 0.530. The van der Waals surface area contributed by atoms with Gasteiger partial charge in [-0.15, -0.1) is 0 Å². The minimum Gasteiger partial charge on any atom is -0.422 e. The molecule has 2 rings (SSSR count). The van der Waals surface area contributed by atoms with E-state index in [9.17, 15) is 9.59 Å². The molecule has 2 saturated heterocycles. The molecule has 0 aromatic heterocycles. The molecule has 4 nitrogen and oxygen atoms in total. The van der Waals surface area contributed by atoms with Crippen LogP contribution in [0, 0.1) is 0 Å². The molecule has 0 amide bonds. The molecule has 0 unspecified atom stereocenters. The Morgan fingerprint density at radius 2 is 1.62 bits per heavy atom. The second-order valence-corrected chi connectivity index (χ2v) is 3.57. The summed E-state index contributed by atoms with van der Waals surface area (Å²) in [4.78, 5) is 22.1. The second kappa shape index (κ2) is 3.01. The SMILES string of the molecule is O=C1CCCC[C@@]2(CCC(=O)O2)O1. The predicted molar refractivity (Wildman–Crippen MR) is 42.6 cm³/mol. The van der Waals surface area contributed by atoms with E-state index < -0.39 is 5.79 Å². The first-order chi connectivity index (χ1) is 6.20. The van der Waals surface area contributed by atoms with Crippen LogP contribution in [0.1, 0.15) is 38.5 Å². The third-order valence-electron chi connectivity index (χ3n) is 2.50. The van der Waals surface area contributed by atoms with Crippen molar-refractivity contribution < 1.29 is 19.1 Å². The second-order valence-electron chi connectivity index (χ2n) is 3.57. The summed E-state index contributed by atoms with van der Waals surface area (Å²) < 4.78 is 10.2. The van der Waals surface area contributed by atoms with Crippen LogP contribution < -0.4 is 0 Å². The first-order valence-electron chi connectivity index (χ1n) is 4.64. The van der Waals surface area contributed by atoms with Crippen molar-refractivity contribution in [3.63, 3.8) is 0 Å². The molecule has 0 bridgehead atoms. The van der Waals surface area contributed by atoms with Gasteiger partial charge >= 0.3 is 11.9 Å². The minimum atomic E-state index is -0.898. The van der Waals surface area contributed by atoms with Crippen LogP contribution in [0.3, 0.4) is 0 Å². The smallest absolute Gasteiger partial charge is 0.309 e. The monoisotopic (exact) mass is 184 g/mol. The summed E-state index contributed by atoms with van der Waals surface area (Å²) in [6.45, 7) is 0. The van der Waals surface area contributed by atoms with Gasteiger partial charge in [-0.25, -0.2) is 0 Å². The zero-order chi connectivity index (χ0) is 9.31. The number of hydrogen-bond acceptors (Lipinski definition) is 4. The molecular weight excluding hydrogens is 172 g/mol. The summed E-state index contributed by atoms with van der Waals surface area (Å²) in [6.07, 6.45) is 3.71. The van der Waals surface area contributed by atoms with Crippen LogP contribution in [0.4, 0.5) is 0 Å². The van der Waals surface area contributed by atoms with E-state index in [1.165, 1.54) is 0 Å². The van der Waals surface area contributed by atoms with Crippen molar-refractivity contribution in [3.05, 3.63) is 0 Å². The fraction of sp³-hybridized carbons (Fsp3) is 0.778. The predicted octanol–water partition coefficient (Wildman–Crippen LogP) is 1.14. The number of rotatable bonds is 0. The lowest BCUT2D eigenvalue weighted by Crippen LogP contribution is -2.33. The Kier molecular flexibility index (Phi) is 1.98. The average Bonchev–Trinajstić information content (AvgIpc) is 2.30. The van der Waals surface area contributed by atoms with Gasteiger partial charge in [-0.3, -0.25) is 9.59 Å². The fourth-order valence-electron chi connectivity index (χ4n) is 1.82. The molecule has 0 saturated carbocycles. The minimum absolute atomic E-state index is 0.243. The van der Waals surface area contributed by atoms with Gasteiger partial charge in [0.05, 0.1) is 6.42 Å². The van der Waals surface area contributed by atoms with E-state index in [4.69, 9.17) is 9.47 Å². The summed E-state index contributed by atoms with van der Waals surface area (Å²) in [5.41, 5.74) is 0. The largest absolute Gasteiger partial charge is 0.422 e. The Morgan fingerprint density at radius 1 is 0.923 bits per heavy atom. The molecule has 0 radical (unpaired) electrons. The maximum atomic E-state index is 11.1. The molecule has 2 fully saturated rings. The van der Waals surface area contributed by atoms with Crippen LogP contribution in [-0.2, 0) is 19.1 Å². The summed E-state index contributed by atoms with van der Waals surface area (Å²) in [5, 5.41) is 0. The first-order valence-corrected chi connectivity index (χ1v) is 4.64. The number of ether oxygens (including phenoxy) is 2. The van der Waals surface area contributed by atoms with E-state index in [1.807, 2.05) is 0 Å². The maximum absolute atomic E-state index is 11.1. The normalized spacial score (nSPS) is 34.2. The highest BCUT2D eigenvalue weighted by atomic mass is 16.7. The first kappa shape index (κ1) is 8.53. The van der Waals surface area contributed by atoms with Gasteiger partial charge in [0.2, 0.25) is 0 Å². The summed E-state index contributed by atoms with van der Waals surface area (Å²) in [7, 11) is 0. The van der Waals surface area contributed by atoms with Gasteiger partial charge in [-0.2, -0.15) is 0 Å². The molecule has 0 aliphatic carbocycles. The van der Waals surface area contributed by atoms with E-state index in [2.05, 4.69) is 0 Å². The van der Waals surface area contributed by atoms with E-state index >= 15 is 0 Å². The van der Waals surface area contributed by atoms with E-state index in [1.54, 1.807) is 0 Å². The van der Waals surface area contributed by atoms with Gasteiger partial charge in [0.15, 0.2) is 0 Å². The summed E-state index contributed by atoms with van der Waals surface area (Å²) >= 11 is 0. The molecule has 0 N–H and O–H groups in total. The lowest BCUT2D eigenvalue weighted by molar-refractivity contribution is -0.213. The van der Waals surface area contributed by atoms with Crippen molar-refractivity contribution in [2.75, 3.05) is 0 Å². The van der Waals surface area contributed by atoms with Crippen molar-refractivity contribution in [2.45, 2.75) is 44.3 Å². The molecular formula is C9H12O4. The fourth-order valence-corrected chi connectivity index (χ4v) is 1.82. The van der Waals surface area contributed by atoms with Gasteiger partial charge in [-0.1, -0.05) is 0 Å². The van der Waals surface area contributed by atoms with Crippen LogP contribution in [0.25, 0.3) is 0 Å². The molecule has 72 valence electrons. The standard InChI is InChI=1S/C9H12O4/c10-7-3-1-2-5-9(12-7)6-4-8(11)13-9/h1-6H2/t9-/m1/s1. The van der Waals surface area contributed by atoms with Crippen LogP contribution in [0.2, 0.25) is 0 Å². The molecule has 2 aliphatic rings. The van der Waals surface area contributed by atoms with E-state index in [-0.39, 0.29) is 11.9 Å². The number of carbonyl (C=O) groups excluding carboxylic acids is 2. The van der Waals surface area contributed by atoms with Crippen LogP contribution in [0.5, 0.6) is 0 Å². The zero-order valence-electron chi connectivity index (χ0n) is 7.38. The van der Waals surface area contributed by atoms with Crippen molar-refractivity contribution in [3.8, 4) is 0 Å². The summed E-state index contributed by atoms with van der Waals surface area (Å²) in [5.74, 6) is -1.40. The zero-order valence-corrected chi connectivity index (χ0v) is 7.38. The Hall–Kier alpha value is -1.06. The average molecular weight is 184 g/mol. The van der Waals surface area contributed by atoms with Crippen LogP contribution in [0.15, 0.2) is 0 Å². The molecule has 1 atom stereocenters. The lowest BCUT2D eigenvalue weighted by atomic mass is 10.1. The van der Waals surface area contributed by atoms with Gasteiger partial charge in [-0.05, 0) is 12.8 Å². The van der Waals surface area contributed by atoms with Gasteiger partial charge < -0.3 is 9.47 Å². The molecule has 0 aromatic rings. The Morgan fingerprint density at radius 3 is 2.31 bits per heavy atom. The van der Waals surface area contributed by atoms with E-state index in [0.717, 1.165) is 12.8 Å². The van der Waals surface area contributed by atoms with Crippen molar-refractivity contribution >= 4 is 11.9 Å². The Bertz CT molecular complexity index is 248. The van der Waals surface area contributed by atoms with Crippen LogP contribution >= 0.6 is 0 Å². The van der Waals surface area contributed by atoms with Gasteiger partial charge in [0.25, 0.3) is 5.79 Å². The Balaban J connectivity index is 2.11.